The van der Waals surface area contributed by atoms with Crippen LogP contribution < -0.4 is 10.2 Å². The first-order valence-corrected chi connectivity index (χ1v) is 14.2. The standard InChI is InChI=1S/C25H19ClF5N5O4S2/c1-40-23(39)13-16(10-4-7-36(8-5-10)24-35-19(25(29,30)31)18(42-24)22(37)38)33-20(21-32-6-9-41-21)34-17(13)11-2-3-12(27)15(28)14(11)26/h2-3,6,9-10,17H,4-5,7-8H2,1H3,(H,33,34)(H,37,38). The van der Waals surface area contributed by atoms with Crippen LogP contribution in [0.15, 0.2) is 40.0 Å². The summed E-state index contributed by atoms with van der Waals surface area (Å²) < 4.78 is 73.6. The lowest BCUT2D eigenvalue weighted by atomic mass is 9.85. The van der Waals surface area contributed by atoms with Crippen LogP contribution in [0.5, 0.6) is 0 Å². The number of hydrogen-bond acceptors (Lipinski definition) is 10. The number of esters is 1. The number of anilines is 1. The van der Waals surface area contributed by atoms with E-state index in [1.807, 2.05) is 0 Å². The van der Waals surface area contributed by atoms with Gasteiger partial charge >= 0.3 is 18.1 Å². The predicted octanol–water partition coefficient (Wildman–Crippen LogP) is 5.68. The maximum Gasteiger partial charge on any atom is 0.435 e. The van der Waals surface area contributed by atoms with Gasteiger partial charge in [0.05, 0.1) is 17.7 Å². The van der Waals surface area contributed by atoms with Gasteiger partial charge in [0, 0.05) is 41.8 Å². The molecule has 0 radical (unpaired) electrons. The molecule has 222 valence electrons. The van der Waals surface area contributed by atoms with E-state index in [0.29, 0.717) is 34.9 Å². The molecule has 3 aromatic rings. The minimum atomic E-state index is -4.94. The first kappa shape index (κ1) is 29.8. The molecule has 9 nitrogen and oxygen atoms in total. The lowest BCUT2D eigenvalue weighted by Crippen LogP contribution is -2.41. The van der Waals surface area contributed by atoms with E-state index < -0.39 is 57.3 Å². The van der Waals surface area contributed by atoms with Gasteiger partial charge in [0.2, 0.25) is 0 Å². The number of aliphatic imine (C=N–C) groups is 1. The van der Waals surface area contributed by atoms with Crippen LogP contribution in [0.2, 0.25) is 5.02 Å². The Balaban J connectivity index is 1.52. The molecular formula is C25H19ClF5N5O4S2. The molecule has 1 aromatic carbocycles. The summed E-state index contributed by atoms with van der Waals surface area (Å²) in [6.45, 7) is 0.350. The summed E-state index contributed by atoms with van der Waals surface area (Å²) in [7, 11) is 1.15. The van der Waals surface area contributed by atoms with E-state index in [-0.39, 0.29) is 35.2 Å². The Morgan fingerprint density at radius 3 is 2.50 bits per heavy atom. The Bertz CT molecular complexity index is 1600. The molecule has 5 rings (SSSR count). The van der Waals surface area contributed by atoms with Crippen molar-refractivity contribution < 1.29 is 41.4 Å². The molecule has 0 amide bonds. The van der Waals surface area contributed by atoms with Gasteiger partial charge in [-0.15, -0.1) is 11.3 Å². The summed E-state index contributed by atoms with van der Waals surface area (Å²) in [6.07, 6.45) is -2.80. The summed E-state index contributed by atoms with van der Waals surface area (Å²) in [5.41, 5.74) is -1.07. The number of alkyl halides is 3. The van der Waals surface area contributed by atoms with Crippen molar-refractivity contribution in [3.8, 4) is 0 Å². The number of benzene rings is 1. The molecule has 0 bridgehead atoms. The van der Waals surface area contributed by atoms with Crippen LogP contribution in [0.4, 0.5) is 27.1 Å². The van der Waals surface area contributed by atoms with Crippen molar-refractivity contribution in [2.45, 2.75) is 25.1 Å². The lowest BCUT2D eigenvalue weighted by molar-refractivity contribution is -0.141. The van der Waals surface area contributed by atoms with Gasteiger partial charge in [-0.05, 0) is 18.9 Å². The highest BCUT2D eigenvalue weighted by Gasteiger charge is 2.42. The second kappa shape index (κ2) is 11.6. The van der Waals surface area contributed by atoms with Crippen molar-refractivity contribution in [1.82, 2.24) is 15.3 Å². The first-order chi connectivity index (χ1) is 19.9. The fourth-order valence-corrected chi connectivity index (χ4v) is 6.61. The Morgan fingerprint density at radius 1 is 1.21 bits per heavy atom. The molecule has 17 heteroatoms. The zero-order chi connectivity index (χ0) is 30.3. The number of halogens is 6. The highest BCUT2D eigenvalue weighted by Crippen LogP contribution is 2.42. The summed E-state index contributed by atoms with van der Waals surface area (Å²) in [6, 6.07) is 0.905. The van der Waals surface area contributed by atoms with Gasteiger partial charge in [-0.2, -0.15) is 13.2 Å². The van der Waals surface area contributed by atoms with E-state index in [0.717, 1.165) is 13.2 Å². The van der Waals surface area contributed by atoms with Crippen LogP contribution >= 0.6 is 34.3 Å². The first-order valence-electron chi connectivity index (χ1n) is 12.2. The molecule has 2 aliphatic rings. The van der Waals surface area contributed by atoms with Crippen molar-refractivity contribution in [1.29, 1.82) is 0 Å². The lowest BCUT2D eigenvalue weighted by Gasteiger charge is -2.36. The van der Waals surface area contributed by atoms with Gasteiger partial charge in [-0.25, -0.2) is 28.3 Å². The molecule has 0 aliphatic carbocycles. The van der Waals surface area contributed by atoms with E-state index >= 15 is 0 Å². The van der Waals surface area contributed by atoms with Crippen molar-refractivity contribution in [2.24, 2.45) is 10.9 Å². The number of carbonyl (C=O) groups excluding carboxylic acids is 1. The Kier molecular flexibility index (Phi) is 8.22. The van der Waals surface area contributed by atoms with Crippen LogP contribution in [-0.4, -0.2) is 53.0 Å². The number of carboxylic acids is 1. The molecule has 1 atom stereocenters. The van der Waals surface area contributed by atoms with Crippen LogP contribution in [0.3, 0.4) is 0 Å². The third-order valence-corrected chi connectivity index (χ3v) is 9.00. The fraction of sp³-hybridized carbons (Fsp3) is 0.320. The number of rotatable bonds is 6. The topological polar surface area (TPSA) is 117 Å². The monoisotopic (exact) mass is 647 g/mol. The number of piperidine rings is 1. The maximum atomic E-state index is 14.5. The van der Waals surface area contributed by atoms with E-state index in [1.165, 1.54) is 23.6 Å². The van der Waals surface area contributed by atoms with Gasteiger partial charge in [-0.3, -0.25) is 4.99 Å². The number of nitrogens with one attached hydrogen (secondary N) is 1. The molecule has 1 unspecified atom stereocenters. The number of carbonyl (C=O) groups is 2. The second-order valence-electron chi connectivity index (χ2n) is 9.16. The average molecular weight is 648 g/mol. The van der Waals surface area contributed by atoms with Crippen molar-refractivity contribution in [3.63, 3.8) is 0 Å². The number of hydrogen-bond donors (Lipinski definition) is 2. The van der Waals surface area contributed by atoms with Gasteiger partial charge in [0.25, 0.3) is 0 Å². The Labute approximate surface area is 247 Å². The van der Waals surface area contributed by atoms with Crippen LogP contribution in [0.1, 0.15) is 44.8 Å². The van der Waals surface area contributed by atoms with Crippen LogP contribution in [0, 0.1) is 17.6 Å². The predicted molar refractivity (Wildman–Crippen MR) is 144 cm³/mol. The molecule has 0 saturated carbocycles. The van der Waals surface area contributed by atoms with Crippen molar-refractivity contribution in [2.75, 3.05) is 25.1 Å². The van der Waals surface area contributed by atoms with Crippen molar-refractivity contribution in [3.05, 3.63) is 72.8 Å². The van der Waals surface area contributed by atoms with Gasteiger partial charge in [0.15, 0.2) is 33.3 Å². The molecule has 42 heavy (non-hydrogen) atoms. The number of thiazole rings is 2. The number of aromatic nitrogens is 2. The summed E-state index contributed by atoms with van der Waals surface area (Å²) >= 11 is 7.86. The Morgan fingerprint density at radius 2 is 1.93 bits per heavy atom. The number of nitrogens with zero attached hydrogens (tertiary/aromatic N) is 4. The van der Waals surface area contributed by atoms with E-state index in [1.54, 1.807) is 10.3 Å². The maximum absolute atomic E-state index is 14.5. The zero-order valence-electron chi connectivity index (χ0n) is 21.3. The third kappa shape index (κ3) is 5.57. The fourth-order valence-electron chi connectivity index (χ4n) is 4.79. The Hall–Kier alpha value is -3.63. The molecule has 1 saturated heterocycles. The minimum absolute atomic E-state index is 0.00549. The molecule has 0 spiro atoms. The molecular weight excluding hydrogens is 629 g/mol. The molecule has 2 N–H and O–H groups in total. The zero-order valence-corrected chi connectivity index (χ0v) is 23.7. The number of allylic oxidation sites excluding steroid dienone is 1. The van der Waals surface area contributed by atoms with Crippen LogP contribution in [0.25, 0.3) is 0 Å². The SMILES string of the molecule is COC(=O)C1=C(C2CCN(c3nc(C(F)(F)F)c(C(=O)O)s3)CC2)NC(c2nccs2)=NC1c1ccc(F)c(F)c1Cl. The number of ether oxygens (including phenoxy) is 1. The molecule has 4 heterocycles. The number of amidine groups is 1. The normalized spacial score (nSPS) is 18.1. The molecule has 1 fully saturated rings. The quantitative estimate of drug-likeness (QED) is 0.199. The largest absolute Gasteiger partial charge is 0.477 e. The smallest absolute Gasteiger partial charge is 0.435 e. The third-order valence-electron chi connectivity index (χ3n) is 6.73. The van der Waals surface area contributed by atoms with Gasteiger partial charge in [0.1, 0.15) is 10.9 Å². The highest BCUT2D eigenvalue weighted by atomic mass is 35.5. The van der Waals surface area contributed by atoms with E-state index in [9.17, 15) is 36.6 Å². The average Bonchev–Trinajstić information content (AvgIpc) is 3.66. The summed E-state index contributed by atoms with van der Waals surface area (Å²) in [5.74, 6) is -5.15. The minimum Gasteiger partial charge on any atom is -0.477 e. The summed E-state index contributed by atoms with van der Waals surface area (Å²) in [5, 5.41) is 13.9. The molecule has 2 aliphatic heterocycles. The number of carboxylic acid groups (broad SMARTS) is 1. The number of methoxy groups -OCH3 is 1. The van der Waals surface area contributed by atoms with Crippen molar-refractivity contribution >= 4 is 57.2 Å². The van der Waals surface area contributed by atoms with Gasteiger partial charge < -0.3 is 20.1 Å². The van der Waals surface area contributed by atoms with Crippen LogP contribution in [-0.2, 0) is 15.7 Å². The van der Waals surface area contributed by atoms with E-state index in [2.05, 4.69) is 20.3 Å². The number of aromatic carboxylic acids is 1. The highest BCUT2D eigenvalue weighted by molar-refractivity contribution is 7.17. The van der Waals surface area contributed by atoms with Gasteiger partial charge in [-0.1, -0.05) is 29.0 Å². The second-order valence-corrected chi connectivity index (χ2v) is 11.4. The molecule has 2 aromatic heterocycles. The van der Waals surface area contributed by atoms with E-state index in [4.69, 9.17) is 16.3 Å². The summed E-state index contributed by atoms with van der Waals surface area (Å²) in [4.78, 5) is 37.6.